The zero-order chi connectivity index (χ0) is 19.6. The monoisotopic (exact) mass is 425 g/mol. The second-order valence-corrected chi connectivity index (χ2v) is 6.71. The van der Waals surface area contributed by atoms with Crippen LogP contribution in [-0.2, 0) is 4.74 Å². The van der Waals surface area contributed by atoms with Gasteiger partial charge in [0.25, 0.3) is 0 Å². The van der Waals surface area contributed by atoms with Crippen LogP contribution in [0, 0.1) is 11.3 Å². The smallest absolute Gasteiger partial charge is 0.357 e. The summed E-state index contributed by atoms with van der Waals surface area (Å²) in [7, 11) is 1.24. The van der Waals surface area contributed by atoms with Gasteiger partial charge in [-0.3, -0.25) is 0 Å². The normalized spacial score (nSPS) is 11.6. The van der Waals surface area contributed by atoms with Gasteiger partial charge in [0.1, 0.15) is 12.2 Å². The lowest BCUT2D eigenvalue weighted by molar-refractivity contribution is 0.0593. The Labute approximate surface area is 164 Å². The number of aromatic nitrogens is 1. The first-order valence-electron chi connectivity index (χ1n) is 8.00. The minimum absolute atomic E-state index is 0.0346. The summed E-state index contributed by atoms with van der Waals surface area (Å²) in [6.07, 6.45) is 0.518. The molecule has 0 aliphatic carbocycles. The van der Waals surface area contributed by atoms with Crippen LogP contribution in [0.2, 0.25) is 0 Å². The molecule has 0 aliphatic heterocycles. The van der Waals surface area contributed by atoms with Crippen LogP contribution in [0.4, 0.5) is 5.69 Å². The van der Waals surface area contributed by atoms with Crippen LogP contribution in [0.3, 0.4) is 0 Å². The number of benzene rings is 2. The molecule has 0 fully saturated rings. The third kappa shape index (κ3) is 3.45. The van der Waals surface area contributed by atoms with Gasteiger partial charge in [0.15, 0.2) is 5.69 Å². The first-order valence-corrected chi connectivity index (χ1v) is 8.79. The highest BCUT2D eigenvalue weighted by Crippen LogP contribution is 2.33. The number of aliphatic hydroxyl groups excluding tert-OH is 1. The van der Waals surface area contributed by atoms with Gasteiger partial charge in [0, 0.05) is 16.2 Å². The molecule has 0 amide bonds. The van der Waals surface area contributed by atoms with E-state index >= 15 is 0 Å². The summed E-state index contributed by atoms with van der Waals surface area (Å²) in [5.41, 5.74) is 7.96. The second kappa shape index (κ2) is 7.66. The van der Waals surface area contributed by atoms with Gasteiger partial charge in [-0.25, -0.2) is 4.79 Å². The number of rotatable bonds is 4. The van der Waals surface area contributed by atoms with E-state index in [1.54, 1.807) is 30.3 Å². The number of aliphatic hydroxyl groups is 1. The van der Waals surface area contributed by atoms with Crippen LogP contribution >= 0.6 is 15.9 Å². The Balaban J connectivity index is 2.25. The number of halogens is 1. The van der Waals surface area contributed by atoms with Crippen LogP contribution in [0.15, 0.2) is 59.2 Å². The van der Waals surface area contributed by atoms with E-state index in [0.29, 0.717) is 16.8 Å². The molecule has 0 saturated heterocycles. The Morgan fingerprint density at radius 3 is 2.63 bits per heavy atom. The van der Waals surface area contributed by atoms with Gasteiger partial charge in [-0.05, 0) is 23.8 Å². The maximum absolute atomic E-state index is 12.3. The van der Waals surface area contributed by atoms with E-state index < -0.39 is 12.1 Å². The molecule has 1 atom stereocenters. The summed E-state index contributed by atoms with van der Waals surface area (Å²) in [5, 5.41) is 20.2. The fraction of sp³-hybridized carbons (Fsp3) is 0.100. The van der Waals surface area contributed by atoms with E-state index in [9.17, 15) is 15.2 Å². The van der Waals surface area contributed by atoms with Crippen LogP contribution in [0.1, 0.15) is 33.3 Å². The Kier molecular flexibility index (Phi) is 5.31. The quantitative estimate of drug-likeness (QED) is 0.622. The standard InChI is InChI=1S/C20H16BrN3O3/c1-27-20(26)18-17(23)13(10-22)11-24(18)16-8-7-14(21)9-15(16)19(25)12-5-3-2-4-6-12/h2-9,11,19,25H,23H2,1H3. The molecule has 6 nitrogen and oxygen atoms in total. The lowest BCUT2D eigenvalue weighted by atomic mass is 9.99. The molecular formula is C20H16BrN3O3. The Morgan fingerprint density at radius 2 is 2.00 bits per heavy atom. The van der Waals surface area contributed by atoms with Crippen molar-refractivity contribution >= 4 is 27.6 Å². The largest absolute Gasteiger partial charge is 0.464 e. The van der Waals surface area contributed by atoms with Gasteiger partial charge < -0.3 is 20.1 Å². The van der Waals surface area contributed by atoms with Gasteiger partial charge in [-0.1, -0.05) is 46.3 Å². The maximum Gasteiger partial charge on any atom is 0.357 e. The predicted molar refractivity (Wildman–Crippen MR) is 104 cm³/mol. The molecule has 0 radical (unpaired) electrons. The summed E-state index contributed by atoms with van der Waals surface area (Å²) in [6.45, 7) is 0. The van der Waals surface area contributed by atoms with Crippen molar-refractivity contribution in [2.24, 2.45) is 0 Å². The van der Waals surface area contributed by atoms with Crippen molar-refractivity contribution in [2.45, 2.75) is 6.10 Å². The van der Waals surface area contributed by atoms with Crippen molar-refractivity contribution < 1.29 is 14.6 Å². The lowest BCUT2D eigenvalue weighted by Gasteiger charge is -2.18. The highest BCUT2D eigenvalue weighted by Gasteiger charge is 2.25. The van der Waals surface area contributed by atoms with Crippen LogP contribution in [0.25, 0.3) is 5.69 Å². The minimum atomic E-state index is -0.946. The van der Waals surface area contributed by atoms with Gasteiger partial charge in [0.2, 0.25) is 0 Å². The lowest BCUT2D eigenvalue weighted by Crippen LogP contribution is -2.13. The van der Waals surface area contributed by atoms with E-state index in [-0.39, 0.29) is 16.9 Å². The average molecular weight is 426 g/mol. The fourth-order valence-electron chi connectivity index (χ4n) is 2.88. The number of ether oxygens (including phenoxy) is 1. The van der Waals surface area contributed by atoms with E-state index in [1.165, 1.54) is 17.9 Å². The summed E-state index contributed by atoms with van der Waals surface area (Å²) in [6, 6.07) is 16.4. The number of methoxy groups -OCH3 is 1. The minimum Gasteiger partial charge on any atom is -0.464 e. The maximum atomic E-state index is 12.3. The van der Waals surface area contributed by atoms with Gasteiger partial charge in [-0.2, -0.15) is 5.26 Å². The zero-order valence-electron chi connectivity index (χ0n) is 14.4. The molecule has 0 spiro atoms. The van der Waals surface area contributed by atoms with E-state index in [1.807, 2.05) is 24.3 Å². The van der Waals surface area contributed by atoms with Crippen molar-refractivity contribution in [1.82, 2.24) is 4.57 Å². The molecule has 136 valence electrons. The number of hydrogen-bond donors (Lipinski definition) is 2. The third-order valence-electron chi connectivity index (χ3n) is 4.20. The molecule has 3 aromatic rings. The Hall–Kier alpha value is -3.08. The third-order valence-corrected chi connectivity index (χ3v) is 4.70. The second-order valence-electron chi connectivity index (χ2n) is 5.79. The molecule has 1 unspecified atom stereocenters. The summed E-state index contributed by atoms with van der Waals surface area (Å²) in [4.78, 5) is 12.3. The number of nitrogens with two attached hydrogens (primary N) is 1. The van der Waals surface area contributed by atoms with Crippen molar-refractivity contribution in [3.63, 3.8) is 0 Å². The van der Waals surface area contributed by atoms with Gasteiger partial charge >= 0.3 is 5.97 Å². The first-order chi connectivity index (χ1) is 13.0. The summed E-state index contributed by atoms with van der Waals surface area (Å²) < 4.78 is 7.07. The SMILES string of the molecule is COC(=O)c1c(N)c(C#N)cn1-c1ccc(Br)cc1C(O)c1ccccc1. The molecular weight excluding hydrogens is 410 g/mol. The summed E-state index contributed by atoms with van der Waals surface area (Å²) in [5.74, 6) is -0.669. The predicted octanol–water partition coefficient (Wildman–Crippen LogP) is 3.56. The number of carbonyl (C=O) groups excluding carboxylic acids is 1. The van der Waals surface area contributed by atoms with E-state index in [0.717, 1.165) is 4.47 Å². The van der Waals surface area contributed by atoms with Crippen molar-refractivity contribution in [1.29, 1.82) is 5.26 Å². The molecule has 0 saturated carbocycles. The van der Waals surface area contributed by atoms with E-state index in [2.05, 4.69) is 15.9 Å². The van der Waals surface area contributed by atoms with Crippen LogP contribution in [-0.4, -0.2) is 22.8 Å². The number of nitrogens with zero attached hydrogens (tertiary/aromatic N) is 2. The van der Waals surface area contributed by atoms with Gasteiger partial charge in [-0.15, -0.1) is 0 Å². The Morgan fingerprint density at radius 1 is 1.30 bits per heavy atom. The molecule has 1 heterocycles. The number of esters is 1. The molecule has 1 aromatic heterocycles. The highest BCUT2D eigenvalue weighted by molar-refractivity contribution is 9.10. The Bertz CT molecular complexity index is 1040. The van der Waals surface area contributed by atoms with E-state index in [4.69, 9.17) is 10.5 Å². The van der Waals surface area contributed by atoms with Crippen molar-refractivity contribution in [3.8, 4) is 11.8 Å². The number of hydrogen-bond acceptors (Lipinski definition) is 5. The number of anilines is 1. The number of nitriles is 1. The molecule has 0 aliphatic rings. The van der Waals surface area contributed by atoms with Crippen molar-refractivity contribution in [3.05, 3.63) is 81.6 Å². The average Bonchev–Trinajstić information content (AvgIpc) is 3.03. The highest BCUT2D eigenvalue weighted by atomic mass is 79.9. The number of carbonyl (C=O) groups is 1. The van der Waals surface area contributed by atoms with Crippen LogP contribution < -0.4 is 5.73 Å². The van der Waals surface area contributed by atoms with Gasteiger partial charge in [0.05, 0.1) is 24.0 Å². The first kappa shape index (κ1) is 18.7. The molecule has 0 bridgehead atoms. The molecule has 3 rings (SSSR count). The molecule has 3 N–H and O–H groups in total. The molecule has 27 heavy (non-hydrogen) atoms. The summed E-state index contributed by atoms with van der Waals surface area (Å²) >= 11 is 3.42. The number of nitrogen functional groups attached to an aromatic ring is 1. The van der Waals surface area contributed by atoms with Crippen molar-refractivity contribution in [2.75, 3.05) is 12.8 Å². The topological polar surface area (TPSA) is 101 Å². The fourth-order valence-corrected chi connectivity index (χ4v) is 3.26. The zero-order valence-corrected chi connectivity index (χ0v) is 16.0. The molecule has 7 heteroatoms. The molecule has 2 aromatic carbocycles. The van der Waals surface area contributed by atoms with Crippen LogP contribution in [0.5, 0.6) is 0 Å².